The molecule has 0 bridgehead atoms. The maximum absolute atomic E-state index is 14.1. The number of halogens is 5. The van der Waals surface area contributed by atoms with E-state index in [2.05, 4.69) is 10.6 Å². The minimum Gasteiger partial charge on any atom is -0.489 e. The van der Waals surface area contributed by atoms with Gasteiger partial charge < -0.3 is 21.1 Å². The van der Waals surface area contributed by atoms with Gasteiger partial charge in [-0.15, -0.1) is 0 Å². The number of ether oxygens (including phenoxy) is 1. The summed E-state index contributed by atoms with van der Waals surface area (Å²) < 4.78 is 88.2. The number of anilines is 1. The molecule has 0 saturated heterocycles. The number of rotatable bonds is 9. The van der Waals surface area contributed by atoms with E-state index in [1.54, 1.807) is 13.8 Å². The Hall–Kier alpha value is -3.88. The summed E-state index contributed by atoms with van der Waals surface area (Å²) in [4.78, 5) is 25.9. The highest BCUT2D eigenvalue weighted by Gasteiger charge is 2.34. The summed E-state index contributed by atoms with van der Waals surface area (Å²) in [7, 11) is -4.29. The van der Waals surface area contributed by atoms with Crippen LogP contribution in [0.15, 0.2) is 59.5 Å². The molecule has 0 radical (unpaired) electrons. The van der Waals surface area contributed by atoms with Crippen LogP contribution in [0.1, 0.15) is 46.4 Å². The van der Waals surface area contributed by atoms with Gasteiger partial charge >= 0.3 is 6.18 Å². The predicted octanol–water partition coefficient (Wildman–Crippen LogP) is 4.72. The lowest BCUT2D eigenvalue weighted by molar-refractivity contribution is -0.137. The molecule has 236 valence electrons. The second kappa shape index (κ2) is 13.0. The van der Waals surface area contributed by atoms with Crippen molar-refractivity contribution in [3.63, 3.8) is 0 Å². The van der Waals surface area contributed by atoms with Crippen molar-refractivity contribution in [2.24, 2.45) is 5.73 Å². The van der Waals surface area contributed by atoms with Crippen molar-refractivity contribution in [2.75, 3.05) is 24.0 Å². The van der Waals surface area contributed by atoms with Crippen LogP contribution in [0.5, 0.6) is 5.75 Å². The van der Waals surface area contributed by atoms with Crippen LogP contribution < -0.4 is 25.4 Å². The highest BCUT2D eigenvalue weighted by Crippen LogP contribution is 2.38. The smallest absolute Gasteiger partial charge is 0.416 e. The first-order valence-electron chi connectivity index (χ1n) is 13.3. The number of sulfonamides is 1. The molecule has 0 aliphatic carbocycles. The molecule has 0 aromatic heterocycles. The summed E-state index contributed by atoms with van der Waals surface area (Å²) in [6, 6.07) is 8.13. The molecule has 0 saturated carbocycles. The summed E-state index contributed by atoms with van der Waals surface area (Å²) in [5.74, 6) is -2.05. The van der Waals surface area contributed by atoms with E-state index in [0.717, 1.165) is 28.6 Å². The Kier molecular flexibility index (Phi) is 9.76. The molecule has 15 heteroatoms. The molecule has 1 aliphatic heterocycles. The van der Waals surface area contributed by atoms with Gasteiger partial charge in [-0.05, 0) is 79.6 Å². The number of fused-ring (bicyclic) bond motifs is 1. The Morgan fingerprint density at radius 2 is 1.84 bits per heavy atom. The van der Waals surface area contributed by atoms with Crippen molar-refractivity contribution in [1.82, 2.24) is 10.6 Å². The Labute approximate surface area is 256 Å². The Morgan fingerprint density at radius 1 is 1.11 bits per heavy atom. The monoisotopic (exact) mass is 656 g/mol. The zero-order chi connectivity index (χ0) is 32.4. The number of amides is 2. The van der Waals surface area contributed by atoms with Crippen molar-refractivity contribution in [2.45, 2.75) is 43.4 Å². The third kappa shape index (κ3) is 7.60. The molecule has 0 fully saturated rings. The highest BCUT2D eigenvalue weighted by molar-refractivity contribution is 7.92. The molecule has 3 aromatic rings. The van der Waals surface area contributed by atoms with Gasteiger partial charge in [0.25, 0.3) is 15.9 Å². The number of hydrogen-bond acceptors (Lipinski definition) is 6. The lowest BCUT2D eigenvalue weighted by atomic mass is 9.99. The Morgan fingerprint density at radius 3 is 2.50 bits per heavy atom. The van der Waals surface area contributed by atoms with Crippen LogP contribution in [0.2, 0.25) is 5.02 Å². The lowest BCUT2D eigenvalue weighted by Gasteiger charge is -2.31. The van der Waals surface area contributed by atoms with Gasteiger partial charge in [-0.25, -0.2) is 12.8 Å². The third-order valence-corrected chi connectivity index (χ3v) is 8.80. The number of alkyl halides is 3. The van der Waals surface area contributed by atoms with E-state index in [1.165, 1.54) is 30.3 Å². The van der Waals surface area contributed by atoms with Gasteiger partial charge in [0.2, 0.25) is 5.91 Å². The second-order valence-corrected chi connectivity index (χ2v) is 12.6. The van der Waals surface area contributed by atoms with Crippen molar-refractivity contribution in [3.05, 3.63) is 87.7 Å². The van der Waals surface area contributed by atoms with Crippen LogP contribution in [0.25, 0.3) is 0 Å². The molecule has 2 atom stereocenters. The van der Waals surface area contributed by atoms with Crippen molar-refractivity contribution < 1.29 is 40.3 Å². The fourth-order valence-corrected chi connectivity index (χ4v) is 6.38. The molecular weight excluding hydrogens is 628 g/mol. The molecule has 4 rings (SSSR count). The zero-order valence-electron chi connectivity index (χ0n) is 23.5. The van der Waals surface area contributed by atoms with Crippen molar-refractivity contribution in [1.29, 1.82) is 0 Å². The summed E-state index contributed by atoms with van der Waals surface area (Å²) in [6.45, 7) is 3.11. The first kappa shape index (κ1) is 33.0. The van der Waals surface area contributed by atoms with E-state index < -0.39 is 57.9 Å². The lowest BCUT2D eigenvalue weighted by Crippen LogP contribution is -2.39. The van der Waals surface area contributed by atoms with E-state index in [1.807, 2.05) is 0 Å². The van der Waals surface area contributed by atoms with Crippen LogP contribution >= 0.6 is 11.6 Å². The first-order chi connectivity index (χ1) is 20.6. The number of nitrogens with one attached hydrogen (secondary N) is 2. The summed E-state index contributed by atoms with van der Waals surface area (Å²) >= 11 is 6.24. The molecule has 0 unspecified atom stereocenters. The maximum Gasteiger partial charge on any atom is 0.416 e. The van der Waals surface area contributed by atoms with Gasteiger partial charge in [0.1, 0.15) is 18.2 Å². The molecule has 2 amide bonds. The normalized spacial score (nSPS) is 14.7. The Balaban J connectivity index is 1.69. The SMILES string of the molecule is Cc1cc(F)cc(S(=O)(=O)N2CCOc3ccc(C(=O)N[C@@H](CC(=O)NC[C@@H](C)N)c4cc(C(F)(F)F)ccc4Cl)cc32)c1. The summed E-state index contributed by atoms with van der Waals surface area (Å²) in [5.41, 5.74) is 4.77. The number of benzene rings is 3. The second-order valence-electron chi connectivity index (χ2n) is 10.3. The molecule has 9 nitrogen and oxygen atoms in total. The van der Waals surface area contributed by atoms with Gasteiger partial charge in [0.05, 0.1) is 35.2 Å². The largest absolute Gasteiger partial charge is 0.489 e. The minimum absolute atomic E-state index is 0.00542. The first-order valence-corrected chi connectivity index (χ1v) is 15.1. The fourth-order valence-electron chi connectivity index (χ4n) is 4.56. The standard InChI is InChI=1S/C29H29ClF4N4O5S/c1-16-9-20(31)13-21(10-16)44(41,42)38-7-8-43-26-6-3-18(11-25(26)38)28(40)37-24(14-27(39)36-15-17(2)35)22-12-19(29(32,33)34)4-5-23(22)30/h3-6,9-13,17,24H,7-8,14-15,35H2,1-2H3,(H,36,39)(H,37,40)/t17-,24+/m1/s1. The molecule has 1 heterocycles. The van der Waals surface area contributed by atoms with Crippen LogP contribution in [0.3, 0.4) is 0 Å². The highest BCUT2D eigenvalue weighted by atomic mass is 35.5. The van der Waals surface area contributed by atoms with Crippen LogP contribution in [0.4, 0.5) is 23.2 Å². The average molecular weight is 657 g/mol. The number of aryl methyl sites for hydroxylation is 1. The van der Waals surface area contributed by atoms with E-state index in [9.17, 15) is 35.6 Å². The third-order valence-electron chi connectivity index (χ3n) is 6.66. The molecule has 0 spiro atoms. The van der Waals surface area contributed by atoms with E-state index in [0.29, 0.717) is 5.56 Å². The average Bonchev–Trinajstić information content (AvgIpc) is 2.94. The van der Waals surface area contributed by atoms with Crippen molar-refractivity contribution >= 4 is 39.1 Å². The zero-order valence-corrected chi connectivity index (χ0v) is 25.1. The summed E-state index contributed by atoms with van der Waals surface area (Å²) in [6.07, 6.45) is -5.20. The van der Waals surface area contributed by atoms with Gasteiger partial charge in [0, 0.05) is 23.2 Å². The van der Waals surface area contributed by atoms with Crippen LogP contribution in [0, 0.1) is 12.7 Å². The topological polar surface area (TPSA) is 131 Å². The van der Waals surface area contributed by atoms with Crippen LogP contribution in [-0.4, -0.2) is 46.0 Å². The Bertz CT molecular complexity index is 1660. The van der Waals surface area contributed by atoms with E-state index >= 15 is 0 Å². The number of nitrogens with zero attached hydrogens (tertiary/aromatic N) is 1. The van der Waals surface area contributed by atoms with E-state index in [-0.39, 0.29) is 52.2 Å². The minimum atomic E-state index is -4.72. The van der Waals surface area contributed by atoms with Gasteiger partial charge in [-0.1, -0.05) is 11.6 Å². The number of carbonyl (C=O) groups is 2. The number of hydrogen-bond donors (Lipinski definition) is 3. The van der Waals surface area contributed by atoms with Gasteiger partial charge in [0.15, 0.2) is 0 Å². The molecule has 3 aromatic carbocycles. The van der Waals surface area contributed by atoms with Crippen LogP contribution in [-0.2, 0) is 21.0 Å². The number of nitrogens with two attached hydrogens (primary N) is 1. The molecule has 4 N–H and O–H groups in total. The maximum atomic E-state index is 14.1. The molecule has 44 heavy (non-hydrogen) atoms. The predicted molar refractivity (Wildman–Crippen MR) is 156 cm³/mol. The van der Waals surface area contributed by atoms with Gasteiger partial charge in [-0.3, -0.25) is 13.9 Å². The summed E-state index contributed by atoms with van der Waals surface area (Å²) in [5, 5.41) is 4.98. The quantitative estimate of drug-likeness (QED) is 0.286. The number of carbonyl (C=O) groups excluding carboxylic acids is 2. The molecular formula is C29H29ClF4N4O5S. The van der Waals surface area contributed by atoms with E-state index in [4.69, 9.17) is 22.1 Å². The molecule has 1 aliphatic rings. The fraction of sp³-hybridized carbons (Fsp3) is 0.310. The van der Waals surface area contributed by atoms with Crippen molar-refractivity contribution in [3.8, 4) is 5.75 Å². The van der Waals surface area contributed by atoms with Gasteiger partial charge in [-0.2, -0.15) is 13.2 Å².